The molecule has 0 bridgehead atoms. The minimum Gasteiger partial charge on any atom is -0.491 e. The lowest BCUT2D eigenvalue weighted by Gasteiger charge is -2.09. The molecule has 0 aliphatic carbocycles. The second kappa shape index (κ2) is 14.5. The predicted octanol–water partition coefficient (Wildman–Crippen LogP) is 8.62. The number of aryl methyl sites for hydroxylation is 1. The molecule has 34 heavy (non-hydrogen) atoms. The number of aromatic nitrogens is 2. The maximum absolute atomic E-state index is 13.3. The molecule has 1 aromatic heterocycles. The number of hydrogen-bond donors (Lipinski definition) is 0. The van der Waals surface area contributed by atoms with E-state index in [1.54, 1.807) is 0 Å². The molecular formula is C30H39FN2O. The van der Waals surface area contributed by atoms with Crippen molar-refractivity contribution in [1.82, 2.24) is 9.97 Å². The van der Waals surface area contributed by atoms with E-state index in [-0.39, 0.29) is 6.61 Å². The Morgan fingerprint density at radius 1 is 0.706 bits per heavy atom. The Kier molecular flexibility index (Phi) is 11.0. The van der Waals surface area contributed by atoms with Crippen LogP contribution in [0.25, 0.3) is 22.5 Å². The molecule has 1 heterocycles. The van der Waals surface area contributed by atoms with Crippen molar-refractivity contribution >= 4 is 0 Å². The zero-order chi connectivity index (χ0) is 24.0. The lowest BCUT2D eigenvalue weighted by atomic mass is 10.0. The van der Waals surface area contributed by atoms with Crippen molar-refractivity contribution in [1.29, 1.82) is 0 Å². The summed E-state index contributed by atoms with van der Waals surface area (Å²) in [5.74, 6) is 1.32. The van der Waals surface area contributed by atoms with Gasteiger partial charge in [0, 0.05) is 23.5 Å². The molecule has 0 amide bonds. The monoisotopic (exact) mass is 462 g/mol. The SMILES string of the molecule is CCCCCCCCCCc1ccc(-c2cnc(-c3ccc(OCC(F)CC)cc3)nc2)cc1. The van der Waals surface area contributed by atoms with Gasteiger partial charge in [-0.1, -0.05) is 83.1 Å². The number of unbranched alkanes of at least 4 members (excludes halogenated alkanes) is 7. The summed E-state index contributed by atoms with van der Waals surface area (Å²) in [7, 11) is 0. The topological polar surface area (TPSA) is 35.0 Å². The molecule has 0 fully saturated rings. The summed E-state index contributed by atoms with van der Waals surface area (Å²) in [6, 6.07) is 16.3. The van der Waals surface area contributed by atoms with E-state index in [2.05, 4.69) is 41.2 Å². The number of benzene rings is 2. The third kappa shape index (κ3) is 8.55. The van der Waals surface area contributed by atoms with Gasteiger partial charge < -0.3 is 4.74 Å². The van der Waals surface area contributed by atoms with Crippen LogP contribution in [-0.4, -0.2) is 22.7 Å². The van der Waals surface area contributed by atoms with Crippen LogP contribution in [0.3, 0.4) is 0 Å². The van der Waals surface area contributed by atoms with Gasteiger partial charge in [-0.15, -0.1) is 0 Å². The van der Waals surface area contributed by atoms with Crippen molar-refractivity contribution in [3.8, 4) is 28.3 Å². The van der Waals surface area contributed by atoms with E-state index in [0.29, 0.717) is 18.0 Å². The molecule has 3 nitrogen and oxygen atoms in total. The van der Waals surface area contributed by atoms with Crippen LogP contribution >= 0.6 is 0 Å². The molecule has 0 spiro atoms. The molecule has 0 saturated carbocycles. The first kappa shape index (κ1) is 25.9. The highest BCUT2D eigenvalue weighted by Crippen LogP contribution is 2.23. The number of nitrogens with zero attached hydrogens (tertiary/aromatic N) is 2. The number of alkyl halides is 1. The average molecular weight is 463 g/mol. The van der Waals surface area contributed by atoms with Crippen LogP contribution in [0.1, 0.15) is 77.2 Å². The highest BCUT2D eigenvalue weighted by molar-refractivity contribution is 5.64. The Labute approximate surface area is 204 Å². The van der Waals surface area contributed by atoms with Crippen LogP contribution in [-0.2, 0) is 6.42 Å². The quantitative estimate of drug-likeness (QED) is 0.212. The summed E-state index contributed by atoms with van der Waals surface area (Å²) in [5.41, 5.74) is 4.45. The van der Waals surface area contributed by atoms with Crippen LogP contribution in [0.4, 0.5) is 4.39 Å². The maximum atomic E-state index is 13.3. The van der Waals surface area contributed by atoms with Gasteiger partial charge in [-0.25, -0.2) is 14.4 Å². The molecule has 182 valence electrons. The van der Waals surface area contributed by atoms with Crippen molar-refractivity contribution in [3.63, 3.8) is 0 Å². The lowest BCUT2D eigenvalue weighted by molar-refractivity contribution is 0.192. The fourth-order valence-corrected chi connectivity index (χ4v) is 3.96. The predicted molar refractivity (Wildman–Crippen MR) is 140 cm³/mol. The van der Waals surface area contributed by atoms with E-state index in [9.17, 15) is 4.39 Å². The van der Waals surface area contributed by atoms with Gasteiger partial charge in [-0.3, -0.25) is 0 Å². The zero-order valence-electron chi connectivity index (χ0n) is 20.8. The van der Waals surface area contributed by atoms with Gasteiger partial charge in [-0.05, 0) is 54.7 Å². The van der Waals surface area contributed by atoms with Crippen molar-refractivity contribution in [2.24, 2.45) is 0 Å². The molecule has 3 rings (SSSR count). The Morgan fingerprint density at radius 3 is 1.91 bits per heavy atom. The van der Waals surface area contributed by atoms with Crippen LogP contribution in [0.2, 0.25) is 0 Å². The van der Waals surface area contributed by atoms with Crippen molar-refractivity contribution < 1.29 is 9.13 Å². The molecule has 3 aromatic rings. The smallest absolute Gasteiger partial charge is 0.159 e. The first-order valence-corrected chi connectivity index (χ1v) is 13.0. The van der Waals surface area contributed by atoms with E-state index in [1.807, 2.05) is 43.6 Å². The Balaban J connectivity index is 1.46. The van der Waals surface area contributed by atoms with Crippen molar-refractivity contribution in [3.05, 3.63) is 66.5 Å². The molecule has 0 aliphatic rings. The van der Waals surface area contributed by atoms with Gasteiger partial charge in [0.25, 0.3) is 0 Å². The summed E-state index contributed by atoms with van der Waals surface area (Å²) in [5, 5.41) is 0. The van der Waals surface area contributed by atoms with E-state index < -0.39 is 6.17 Å². The summed E-state index contributed by atoms with van der Waals surface area (Å²) < 4.78 is 18.8. The van der Waals surface area contributed by atoms with Gasteiger partial charge in [0.15, 0.2) is 5.82 Å². The maximum Gasteiger partial charge on any atom is 0.159 e. The number of halogens is 1. The van der Waals surface area contributed by atoms with E-state index >= 15 is 0 Å². The Bertz CT molecular complexity index is 939. The van der Waals surface area contributed by atoms with Gasteiger partial charge in [0.1, 0.15) is 18.5 Å². The summed E-state index contributed by atoms with van der Waals surface area (Å²) in [6.07, 6.45) is 15.2. The highest BCUT2D eigenvalue weighted by Gasteiger charge is 2.07. The summed E-state index contributed by atoms with van der Waals surface area (Å²) in [4.78, 5) is 9.10. The molecule has 0 saturated heterocycles. The molecule has 1 unspecified atom stereocenters. The normalized spacial score (nSPS) is 12.0. The van der Waals surface area contributed by atoms with Crippen molar-refractivity contribution in [2.45, 2.75) is 84.2 Å². The zero-order valence-corrected chi connectivity index (χ0v) is 20.8. The van der Waals surface area contributed by atoms with E-state index in [4.69, 9.17) is 4.74 Å². The number of hydrogen-bond acceptors (Lipinski definition) is 3. The minimum absolute atomic E-state index is 0.0823. The third-order valence-corrected chi connectivity index (χ3v) is 6.24. The van der Waals surface area contributed by atoms with E-state index in [0.717, 1.165) is 23.1 Å². The third-order valence-electron chi connectivity index (χ3n) is 6.24. The molecular weight excluding hydrogens is 423 g/mol. The second-order valence-corrected chi connectivity index (χ2v) is 9.06. The van der Waals surface area contributed by atoms with Gasteiger partial charge in [-0.2, -0.15) is 0 Å². The summed E-state index contributed by atoms with van der Waals surface area (Å²) in [6.45, 7) is 4.16. The molecule has 2 aromatic carbocycles. The molecule has 0 aliphatic heterocycles. The molecule has 4 heteroatoms. The fourth-order valence-electron chi connectivity index (χ4n) is 3.96. The Hall–Kier alpha value is -2.75. The molecule has 1 atom stereocenters. The highest BCUT2D eigenvalue weighted by atomic mass is 19.1. The van der Waals surface area contributed by atoms with Crippen molar-refractivity contribution in [2.75, 3.05) is 6.61 Å². The van der Waals surface area contributed by atoms with Gasteiger partial charge in [0.2, 0.25) is 0 Å². The van der Waals surface area contributed by atoms with E-state index in [1.165, 1.54) is 56.9 Å². The first-order chi connectivity index (χ1) is 16.7. The van der Waals surface area contributed by atoms with Gasteiger partial charge in [0.05, 0.1) is 0 Å². The van der Waals surface area contributed by atoms with Crippen LogP contribution in [0.5, 0.6) is 5.75 Å². The lowest BCUT2D eigenvalue weighted by Crippen LogP contribution is -2.11. The average Bonchev–Trinajstić information content (AvgIpc) is 2.89. The van der Waals surface area contributed by atoms with Crippen LogP contribution < -0.4 is 4.74 Å². The standard InChI is InChI=1S/C30H39FN2O/c1-3-5-6-7-8-9-10-11-12-24-13-15-25(16-14-24)27-21-32-30(33-22-27)26-17-19-29(20-18-26)34-23-28(31)4-2/h13-22,28H,3-12,23H2,1-2H3. The summed E-state index contributed by atoms with van der Waals surface area (Å²) >= 11 is 0. The molecule has 0 N–H and O–H groups in total. The Morgan fingerprint density at radius 2 is 1.29 bits per heavy atom. The molecule has 0 radical (unpaired) electrons. The second-order valence-electron chi connectivity index (χ2n) is 9.06. The first-order valence-electron chi connectivity index (χ1n) is 13.0. The fraction of sp³-hybridized carbons (Fsp3) is 0.467. The van der Waals surface area contributed by atoms with Crippen LogP contribution in [0, 0.1) is 0 Å². The number of rotatable bonds is 15. The minimum atomic E-state index is -0.935. The number of ether oxygens (including phenoxy) is 1. The van der Waals surface area contributed by atoms with Crippen LogP contribution in [0.15, 0.2) is 60.9 Å². The van der Waals surface area contributed by atoms with Gasteiger partial charge >= 0.3 is 0 Å². The largest absolute Gasteiger partial charge is 0.491 e.